The van der Waals surface area contributed by atoms with E-state index >= 15 is 8.78 Å². The van der Waals surface area contributed by atoms with Crippen LogP contribution in [0.3, 0.4) is 0 Å². The summed E-state index contributed by atoms with van der Waals surface area (Å²) in [5.74, 6) is -4.96. The zero-order chi connectivity index (χ0) is 36.3. The second kappa shape index (κ2) is 15.4. The van der Waals surface area contributed by atoms with E-state index in [2.05, 4.69) is 10.4 Å². The van der Waals surface area contributed by atoms with Crippen LogP contribution in [0.1, 0.15) is 104 Å². The predicted molar refractivity (Wildman–Crippen MR) is 173 cm³/mol. The number of halogens is 6. The minimum Gasteiger partial charge on any atom is -0.481 e. The highest BCUT2D eigenvalue weighted by atomic mass is 19.4. The molecule has 0 saturated heterocycles. The Balaban J connectivity index is 1.65. The normalized spacial score (nSPS) is 19.3. The number of nitrogens with one attached hydrogen (secondary N) is 1. The first-order valence-corrected chi connectivity index (χ1v) is 16.8. The van der Waals surface area contributed by atoms with Crippen molar-refractivity contribution in [2.45, 2.75) is 94.8 Å². The van der Waals surface area contributed by atoms with Gasteiger partial charge in [0.05, 0.1) is 23.7 Å². The third-order valence-corrected chi connectivity index (χ3v) is 9.30. The lowest BCUT2D eigenvalue weighted by atomic mass is 9.89. The van der Waals surface area contributed by atoms with Crippen LogP contribution in [0, 0.1) is 17.5 Å². The number of aliphatic carboxylic acids is 1. The number of nitrogens with zero attached hydrogens (tertiary/aromatic N) is 3. The van der Waals surface area contributed by atoms with Gasteiger partial charge in [0.2, 0.25) is 5.91 Å². The molecular formula is C36H40F6N4O4. The second-order valence-electron chi connectivity index (χ2n) is 13.5. The van der Waals surface area contributed by atoms with Gasteiger partial charge in [-0.25, -0.2) is 17.9 Å². The van der Waals surface area contributed by atoms with Crippen molar-refractivity contribution in [2.75, 3.05) is 20.6 Å². The smallest absolute Gasteiger partial charge is 0.418 e. The zero-order valence-electron chi connectivity index (χ0n) is 27.9. The fraction of sp³-hybridized carbons (Fsp3) is 0.500. The maximum atomic E-state index is 16.3. The number of carboxylic acids is 1. The number of carbonyl (C=O) groups excluding carboxylic acids is 1. The van der Waals surface area contributed by atoms with E-state index in [9.17, 15) is 37.1 Å². The fourth-order valence-electron chi connectivity index (χ4n) is 6.62. The topological polar surface area (TPSA) is 105 Å². The third-order valence-electron chi connectivity index (χ3n) is 9.30. The number of amides is 1. The quantitative estimate of drug-likeness (QED) is 0.254. The van der Waals surface area contributed by atoms with Crippen molar-refractivity contribution in [1.29, 1.82) is 0 Å². The molecule has 1 amide bonds. The molecule has 8 nitrogen and oxygen atoms in total. The van der Waals surface area contributed by atoms with E-state index in [4.69, 9.17) is 0 Å². The number of aryl methyl sites for hydroxylation is 1. The molecule has 3 aromatic rings. The molecule has 1 fully saturated rings. The van der Waals surface area contributed by atoms with Crippen LogP contribution in [-0.4, -0.2) is 52.3 Å². The van der Waals surface area contributed by atoms with Crippen LogP contribution in [0.2, 0.25) is 0 Å². The standard InChI is InChI=1S/C36H40F6N4O4/c1-45(2)13-12-28-26(36(40,41)42)18-31(47)46(44-28)30-9-7-5-3-4-6-8-21-14-23(37)17-27(38)33(21)22-15-24(20-10-11-20)34(39)25(16-22)29(19-32(48)49)43-35(30)50/h14-18,20,29-30H,3-13,19H2,1-2H3,(H,43,50)(H,48,49)/t29-,30-/m0/s1. The lowest BCUT2D eigenvalue weighted by molar-refractivity contribution is -0.139. The predicted octanol–water partition coefficient (Wildman–Crippen LogP) is 7.10. The first-order valence-electron chi connectivity index (χ1n) is 16.8. The van der Waals surface area contributed by atoms with Gasteiger partial charge in [-0.1, -0.05) is 25.7 Å². The van der Waals surface area contributed by atoms with E-state index in [1.54, 1.807) is 19.0 Å². The van der Waals surface area contributed by atoms with Gasteiger partial charge < -0.3 is 15.3 Å². The number of hydrogen-bond acceptors (Lipinski definition) is 5. The van der Waals surface area contributed by atoms with Gasteiger partial charge in [-0.05, 0) is 87.0 Å². The molecule has 270 valence electrons. The Labute approximate surface area is 285 Å². The Kier molecular flexibility index (Phi) is 11.4. The largest absolute Gasteiger partial charge is 0.481 e. The van der Waals surface area contributed by atoms with Crippen LogP contribution in [-0.2, 0) is 28.6 Å². The average Bonchev–Trinajstić information content (AvgIpc) is 3.86. The summed E-state index contributed by atoms with van der Waals surface area (Å²) in [4.78, 5) is 41.1. The van der Waals surface area contributed by atoms with Crippen LogP contribution in [0.5, 0.6) is 0 Å². The number of benzene rings is 2. The Morgan fingerprint density at radius 2 is 1.64 bits per heavy atom. The summed E-state index contributed by atoms with van der Waals surface area (Å²) in [6.07, 6.45) is -1.54. The number of fused-ring (bicyclic) bond motifs is 4. The summed E-state index contributed by atoms with van der Waals surface area (Å²) in [5.41, 5.74) is -2.19. The average molecular weight is 707 g/mol. The SMILES string of the molecule is CN(C)CCc1nn([C@H]2CCCCCCCc3cc(F)cc(F)c3-c3cc(C4CC4)c(F)c(c3)[C@H](CC(=O)O)NC2=O)c(=O)cc1C(F)(F)F. The lowest BCUT2D eigenvalue weighted by Gasteiger charge is -2.26. The van der Waals surface area contributed by atoms with Crippen molar-refractivity contribution in [1.82, 2.24) is 20.0 Å². The van der Waals surface area contributed by atoms with E-state index < -0.39 is 70.8 Å². The van der Waals surface area contributed by atoms with E-state index in [-0.39, 0.29) is 47.6 Å². The summed E-state index contributed by atoms with van der Waals surface area (Å²) in [6, 6.07) is 2.18. The number of carboxylic acid groups (broad SMARTS) is 1. The maximum Gasteiger partial charge on any atom is 0.418 e. The van der Waals surface area contributed by atoms with Gasteiger partial charge in [0, 0.05) is 36.2 Å². The molecule has 1 saturated carbocycles. The molecule has 2 atom stereocenters. The number of alkyl halides is 3. The van der Waals surface area contributed by atoms with E-state index in [0.29, 0.717) is 67.7 Å². The molecule has 5 rings (SSSR count). The Morgan fingerprint density at radius 1 is 0.960 bits per heavy atom. The summed E-state index contributed by atoms with van der Waals surface area (Å²) in [6.45, 7) is 0.168. The highest BCUT2D eigenvalue weighted by Crippen LogP contribution is 2.45. The molecule has 1 aliphatic heterocycles. The Hall–Kier alpha value is -4.20. The fourth-order valence-corrected chi connectivity index (χ4v) is 6.62. The molecule has 2 bridgehead atoms. The molecule has 1 aliphatic carbocycles. The molecule has 50 heavy (non-hydrogen) atoms. The van der Waals surface area contributed by atoms with Gasteiger partial charge >= 0.3 is 12.1 Å². The number of aromatic nitrogens is 2. The summed E-state index contributed by atoms with van der Waals surface area (Å²) < 4.78 is 88.9. The Morgan fingerprint density at radius 3 is 2.30 bits per heavy atom. The van der Waals surface area contributed by atoms with Crippen molar-refractivity contribution in [2.24, 2.45) is 0 Å². The van der Waals surface area contributed by atoms with Crippen molar-refractivity contribution in [3.63, 3.8) is 0 Å². The first kappa shape index (κ1) is 37.1. The van der Waals surface area contributed by atoms with E-state index in [1.807, 2.05) is 0 Å². The number of rotatable bonds is 7. The number of hydrogen-bond donors (Lipinski definition) is 2. The number of carbonyl (C=O) groups is 2. The minimum atomic E-state index is -4.88. The van der Waals surface area contributed by atoms with Crippen molar-refractivity contribution in [3.05, 3.63) is 86.1 Å². The third kappa shape index (κ3) is 8.74. The highest BCUT2D eigenvalue weighted by molar-refractivity contribution is 5.82. The van der Waals surface area contributed by atoms with Gasteiger partial charge in [0.15, 0.2) is 0 Å². The van der Waals surface area contributed by atoms with Gasteiger partial charge in [-0.2, -0.15) is 18.3 Å². The lowest BCUT2D eigenvalue weighted by Crippen LogP contribution is -2.41. The van der Waals surface area contributed by atoms with Crippen molar-refractivity contribution in [3.8, 4) is 11.1 Å². The molecule has 2 heterocycles. The van der Waals surface area contributed by atoms with E-state index in [1.165, 1.54) is 18.2 Å². The molecule has 2 aromatic carbocycles. The first-order chi connectivity index (χ1) is 23.6. The van der Waals surface area contributed by atoms with Crippen LogP contribution in [0.25, 0.3) is 11.1 Å². The molecule has 1 aromatic heterocycles. The molecule has 0 radical (unpaired) electrons. The van der Waals surface area contributed by atoms with Gasteiger partial charge in [-0.15, -0.1) is 0 Å². The molecule has 0 spiro atoms. The zero-order valence-corrected chi connectivity index (χ0v) is 27.9. The second-order valence-corrected chi connectivity index (χ2v) is 13.5. The van der Waals surface area contributed by atoms with Crippen LogP contribution < -0.4 is 10.9 Å². The van der Waals surface area contributed by atoms with Gasteiger partial charge in [0.1, 0.15) is 23.5 Å². The molecular weight excluding hydrogens is 666 g/mol. The van der Waals surface area contributed by atoms with Crippen LogP contribution in [0.4, 0.5) is 26.3 Å². The van der Waals surface area contributed by atoms with Gasteiger partial charge in [-0.3, -0.25) is 14.4 Å². The molecule has 2 aliphatic rings. The summed E-state index contributed by atoms with van der Waals surface area (Å²) in [5, 5.41) is 16.5. The number of likely N-dealkylation sites (N-methyl/N-ethyl adjacent to an activating group) is 1. The Bertz CT molecular complexity index is 1800. The van der Waals surface area contributed by atoms with Crippen molar-refractivity contribution < 1.29 is 41.0 Å². The highest BCUT2D eigenvalue weighted by Gasteiger charge is 2.37. The molecule has 2 N–H and O–H groups in total. The van der Waals surface area contributed by atoms with Crippen LogP contribution in [0.15, 0.2) is 35.1 Å². The summed E-state index contributed by atoms with van der Waals surface area (Å²) in [7, 11) is 3.32. The van der Waals surface area contributed by atoms with Crippen molar-refractivity contribution >= 4 is 11.9 Å². The maximum absolute atomic E-state index is 16.3. The summed E-state index contributed by atoms with van der Waals surface area (Å²) >= 11 is 0. The van der Waals surface area contributed by atoms with E-state index in [0.717, 1.165) is 6.07 Å². The minimum absolute atomic E-state index is 0.0217. The van der Waals surface area contributed by atoms with Crippen LogP contribution >= 0.6 is 0 Å². The van der Waals surface area contributed by atoms with Gasteiger partial charge in [0.25, 0.3) is 5.56 Å². The monoisotopic (exact) mass is 706 g/mol. The molecule has 0 unspecified atom stereocenters. The molecule has 14 heteroatoms.